The predicted octanol–water partition coefficient (Wildman–Crippen LogP) is 3.20. The number of carbonyl (C=O) groups is 1. The summed E-state index contributed by atoms with van der Waals surface area (Å²) in [6, 6.07) is 7.46. The molecule has 1 aliphatic carbocycles. The molecule has 0 spiro atoms. The lowest BCUT2D eigenvalue weighted by atomic mass is 10.2. The van der Waals surface area contributed by atoms with Crippen molar-refractivity contribution in [2.45, 2.75) is 32.6 Å². The van der Waals surface area contributed by atoms with Gasteiger partial charge in [-0.3, -0.25) is 4.79 Å². The summed E-state index contributed by atoms with van der Waals surface area (Å²) >= 11 is 0. The number of nitrogens with one attached hydrogen (secondary N) is 1. The van der Waals surface area contributed by atoms with E-state index in [0.29, 0.717) is 17.5 Å². The maximum atomic E-state index is 11.8. The highest BCUT2D eigenvalue weighted by atomic mass is 16.5. The van der Waals surface area contributed by atoms with Crippen LogP contribution in [-0.4, -0.2) is 35.0 Å². The van der Waals surface area contributed by atoms with Crippen molar-refractivity contribution in [1.29, 1.82) is 0 Å². The molecular formula is C18H23N5O2. The van der Waals surface area contributed by atoms with E-state index in [1.165, 1.54) is 0 Å². The highest BCUT2D eigenvalue weighted by Gasteiger charge is 2.29. The van der Waals surface area contributed by atoms with Gasteiger partial charge < -0.3 is 15.0 Å². The van der Waals surface area contributed by atoms with Crippen molar-refractivity contribution in [2.24, 2.45) is 5.92 Å². The third-order valence-electron chi connectivity index (χ3n) is 3.82. The fraction of sp³-hybridized carbons (Fsp3) is 0.444. The van der Waals surface area contributed by atoms with Crippen molar-refractivity contribution in [3.05, 3.63) is 30.1 Å². The van der Waals surface area contributed by atoms with Gasteiger partial charge in [0, 0.05) is 31.6 Å². The molecule has 7 heteroatoms. The number of carbonyl (C=O) groups excluding carboxylic acids is 1. The third kappa shape index (κ3) is 4.43. The summed E-state index contributed by atoms with van der Waals surface area (Å²) < 4.78 is 5.78. The molecule has 1 aromatic heterocycles. The number of hydrogen-bond donors (Lipinski definition) is 1. The molecule has 3 rings (SSSR count). The molecule has 0 radical (unpaired) electrons. The standard InChI is InChI=1S/C18H23N5O2/c1-11(2)15-20-17(23(3)4)22-18(21-15)25-14-9-7-13(8-10-14)19-16(24)12-5-6-12/h7-12H,5-6H2,1-4H3,(H,19,24). The summed E-state index contributed by atoms with van der Waals surface area (Å²) in [5.74, 6) is 2.28. The van der Waals surface area contributed by atoms with E-state index in [-0.39, 0.29) is 23.8 Å². The summed E-state index contributed by atoms with van der Waals surface area (Å²) in [5.41, 5.74) is 0.761. The zero-order chi connectivity index (χ0) is 18.0. The Balaban J connectivity index is 1.73. The molecule has 1 amide bonds. The second kappa shape index (κ2) is 7.04. The Labute approximate surface area is 147 Å². The number of benzene rings is 1. The van der Waals surface area contributed by atoms with Gasteiger partial charge in [0.1, 0.15) is 11.6 Å². The molecule has 1 heterocycles. The molecule has 132 valence electrons. The Morgan fingerprint density at radius 2 is 1.84 bits per heavy atom. The number of rotatable bonds is 6. The highest BCUT2D eigenvalue weighted by Crippen LogP contribution is 2.30. The van der Waals surface area contributed by atoms with Crippen LogP contribution in [0.1, 0.15) is 38.4 Å². The van der Waals surface area contributed by atoms with Crippen LogP contribution in [0.25, 0.3) is 0 Å². The van der Waals surface area contributed by atoms with Gasteiger partial charge in [-0.05, 0) is 37.1 Å². The minimum absolute atomic E-state index is 0.0864. The first kappa shape index (κ1) is 17.1. The van der Waals surface area contributed by atoms with Gasteiger partial charge in [0.05, 0.1) is 0 Å². The van der Waals surface area contributed by atoms with Crippen molar-refractivity contribution in [3.8, 4) is 11.8 Å². The van der Waals surface area contributed by atoms with Crippen LogP contribution in [-0.2, 0) is 4.79 Å². The van der Waals surface area contributed by atoms with Crippen LogP contribution in [0.3, 0.4) is 0 Å². The SMILES string of the molecule is CC(C)c1nc(Oc2ccc(NC(=O)C3CC3)cc2)nc(N(C)C)n1. The lowest BCUT2D eigenvalue weighted by molar-refractivity contribution is -0.117. The predicted molar refractivity (Wildman–Crippen MR) is 96.1 cm³/mol. The minimum atomic E-state index is 0.0864. The van der Waals surface area contributed by atoms with E-state index in [1.54, 1.807) is 12.1 Å². The number of nitrogens with zero attached hydrogens (tertiary/aromatic N) is 4. The van der Waals surface area contributed by atoms with Crippen LogP contribution >= 0.6 is 0 Å². The minimum Gasteiger partial charge on any atom is -0.424 e. The van der Waals surface area contributed by atoms with Gasteiger partial charge in [0.25, 0.3) is 0 Å². The Morgan fingerprint density at radius 1 is 1.16 bits per heavy atom. The lowest BCUT2D eigenvalue weighted by Gasteiger charge is -2.14. The van der Waals surface area contributed by atoms with Crippen molar-refractivity contribution in [3.63, 3.8) is 0 Å². The van der Waals surface area contributed by atoms with E-state index < -0.39 is 0 Å². The monoisotopic (exact) mass is 341 g/mol. The number of aromatic nitrogens is 3. The van der Waals surface area contributed by atoms with Gasteiger partial charge in [-0.15, -0.1) is 0 Å². The molecule has 0 atom stereocenters. The first-order chi connectivity index (χ1) is 11.9. The second-order valence-corrected chi connectivity index (χ2v) is 6.72. The van der Waals surface area contributed by atoms with E-state index in [0.717, 1.165) is 18.5 Å². The average Bonchev–Trinajstić information content (AvgIpc) is 3.41. The molecule has 2 aromatic rings. The number of amides is 1. The van der Waals surface area contributed by atoms with Crippen LogP contribution < -0.4 is 15.0 Å². The number of anilines is 2. The second-order valence-electron chi connectivity index (χ2n) is 6.72. The van der Waals surface area contributed by atoms with E-state index >= 15 is 0 Å². The van der Waals surface area contributed by atoms with Crippen LogP contribution in [0.15, 0.2) is 24.3 Å². The summed E-state index contributed by atoms with van der Waals surface area (Å²) in [6.07, 6.45) is 1.97. The molecule has 1 N–H and O–H groups in total. The number of hydrogen-bond acceptors (Lipinski definition) is 6. The summed E-state index contributed by atoms with van der Waals surface area (Å²) in [7, 11) is 3.75. The molecule has 0 aliphatic heterocycles. The largest absolute Gasteiger partial charge is 0.424 e. The van der Waals surface area contributed by atoms with Crippen LogP contribution in [0, 0.1) is 5.92 Å². The van der Waals surface area contributed by atoms with Crippen molar-refractivity contribution in [2.75, 3.05) is 24.3 Å². The fourth-order valence-electron chi connectivity index (χ4n) is 2.17. The Kier molecular flexibility index (Phi) is 4.83. The topological polar surface area (TPSA) is 80.2 Å². The molecule has 1 aromatic carbocycles. The molecule has 1 aliphatic rings. The molecule has 1 saturated carbocycles. The maximum Gasteiger partial charge on any atom is 0.327 e. The van der Waals surface area contributed by atoms with Crippen LogP contribution in [0.5, 0.6) is 11.8 Å². The van der Waals surface area contributed by atoms with E-state index in [2.05, 4.69) is 20.3 Å². The first-order valence-corrected chi connectivity index (χ1v) is 8.44. The molecule has 25 heavy (non-hydrogen) atoms. The summed E-state index contributed by atoms with van der Waals surface area (Å²) in [4.78, 5) is 26.7. The van der Waals surface area contributed by atoms with Crippen molar-refractivity contribution >= 4 is 17.5 Å². The lowest BCUT2D eigenvalue weighted by Crippen LogP contribution is -2.15. The zero-order valence-corrected chi connectivity index (χ0v) is 15.0. The summed E-state index contributed by atoms with van der Waals surface area (Å²) in [5, 5.41) is 2.90. The van der Waals surface area contributed by atoms with Gasteiger partial charge in [-0.2, -0.15) is 15.0 Å². The normalized spacial score (nSPS) is 13.6. The Bertz CT molecular complexity index is 728. The summed E-state index contributed by atoms with van der Waals surface area (Å²) in [6.45, 7) is 4.05. The molecule has 0 saturated heterocycles. The first-order valence-electron chi connectivity index (χ1n) is 8.44. The molecule has 0 bridgehead atoms. The molecule has 7 nitrogen and oxygen atoms in total. The van der Waals surface area contributed by atoms with Gasteiger partial charge >= 0.3 is 6.01 Å². The highest BCUT2D eigenvalue weighted by molar-refractivity contribution is 5.94. The van der Waals surface area contributed by atoms with Crippen LogP contribution in [0.4, 0.5) is 11.6 Å². The van der Waals surface area contributed by atoms with Gasteiger partial charge in [-0.1, -0.05) is 13.8 Å². The molecule has 0 unspecified atom stereocenters. The number of ether oxygens (including phenoxy) is 1. The van der Waals surface area contributed by atoms with E-state index in [1.807, 2.05) is 45.0 Å². The molecule has 1 fully saturated rings. The maximum absolute atomic E-state index is 11.8. The van der Waals surface area contributed by atoms with Gasteiger partial charge in [0.15, 0.2) is 0 Å². The smallest absolute Gasteiger partial charge is 0.327 e. The van der Waals surface area contributed by atoms with Gasteiger partial charge in [0.2, 0.25) is 11.9 Å². The van der Waals surface area contributed by atoms with E-state index in [9.17, 15) is 4.79 Å². The average molecular weight is 341 g/mol. The molecular weight excluding hydrogens is 318 g/mol. The quantitative estimate of drug-likeness (QED) is 0.869. The third-order valence-corrected chi connectivity index (χ3v) is 3.82. The Hall–Kier alpha value is -2.70. The van der Waals surface area contributed by atoms with Crippen molar-refractivity contribution < 1.29 is 9.53 Å². The van der Waals surface area contributed by atoms with Crippen molar-refractivity contribution in [1.82, 2.24) is 15.0 Å². The fourth-order valence-corrected chi connectivity index (χ4v) is 2.17. The van der Waals surface area contributed by atoms with Gasteiger partial charge in [-0.25, -0.2) is 0 Å². The van der Waals surface area contributed by atoms with E-state index in [4.69, 9.17) is 4.74 Å². The Morgan fingerprint density at radius 3 is 2.40 bits per heavy atom. The van der Waals surface area contributed by atoms with Crippen LogP contribution in [0.2, 0.25) is 0 Å². The zero-order valence-electron chi connectivity index (χ0n) is 15.0.